The molecule has 6 heteroatoms. The van der Waals surface area contributed by atoms with Crippen LogP contribution in [0.3, 0.4) is 0 Å². The van der Waals surface area contributed by atoms with Crippen LogP contribution in [-0.4, -0.2) is 16.5 Å². The molecule has 0 atom stereocenters. The SMILES string of the molecule is O=[N+]([O-])c1ccc(Br)cc1CNCCc1cccnc1. The maximum absolute atomic E-state index is 10.9. The van der Waals surface area contributed by atoms with E-state index in [1.54, 1.807) is 18.3 Å². The van der Waals surface area contributed by atoms with E-state index < -0.39 is 0 Å². The Morgan fingerprint density at radius 3 is 2.90 bits per heavy atom. The van der Waals surface area contributed by atoms with E-state index in [-0.39, 0.29) is 10.6 Å². The van der Waals surface area contributed by atoms with Gasteiger partial charge in [0, 0.05) is 35.0 Å². The van der Waals surface area contributed by atoms with Gasteiger partial charge in [-0.05, 0) is 36.7 Å². The van der Waals surface area contributed by atoms with Crippen molar-refractivity contribution in [2.75, 3.05) is 6.54 Å². The van der Waals surface area contributed by atoms with Crippen LogP contribution < -0.4 is 5.32 Å². The van der Waals surface area contributed by atoms with E-state index in [2.05, 4.69) is 26.2 Å². The second kappa shape index (κ2) is 7.12. The summed E-state index contributed by atoms with van der Waals surface area (Å²) in [6, 6.07) is 8.87. The van der Waals surface area contributed by atoms with Crippen LogP contribution in [-0.2, 0) is 13.0 Å². The van der Waals surface area contributed by atoms with Crippen molar-refractivity contribution >= 4 is 21.6 Å². The number of hydrogen-bond donors (Lipinski definition) is 1. The number of pyridine rings is 1. The zero-order valence-electron chi connectivity index (χ0n) is 10.8. The van der Waals surface area contributed by atoms with Crippen molar-refractivity contribution in [1.82, 2.24) is 10.3 Å². The zero-order valence-corrected chi connectivity index (χ0v) is 12.3. The van der Waals surface area contributed by atoms with E-state index in [0.29, 0.717) is 12.1 Å². The normalized spacial score (nSPS) is 10.4. The highest BCUT2D eigenvalue weighted by atomic mass is 79.9. The third kappa shape index (κ3) is 4.11. The predicted molar refractivity (Wildman–Crippen MR) is 80.4 cm³/mol. The summed E-state index contributed by atoms with van der Waals surface area (Å²) in [6.07, 6.45) is 4.40. The largest absolute Gasteiger partial charge is 0.312 e. The van der Waals surface area contributed by atoms with Crippen molar-refractivity contribution < 1.29 is 4.92 Å². The highest BCUT2D eigenvalue weighted by Crippen LogP contribution is 2.22. The van der Waals surface area contributed by atoms with Crippen LogP contribution in [0.4, 0.5) is 5.69 Å². The molecule has 0 aliphatic heterocycles. The minimum Gasteiger partial charge on any atom is -0.312 e. The molecule has 104 valence electrons. The number of benzene rings is 1. The molecule has 0 aliphatic rings. The molecule has 2 aromatic rings. The average Bonchev–Trinajstić information content (AvgIpc) is 2.44. The highest BCUT2D eigenvalue weighted by Gasteiger charge is 2.12. The molecule has 0 amide bonds. The molecule has 1 aromatic carbocycles. The smallest absolute Gasteiger partial charge is 0.273 e. The fraction of sp³-hybridized carbons (Fsp3) is 0.214. The Morgan fingerprint density at radius 1 is 1.35 bits per heavy atom. The number of rotatable bonds is 6. The summed E-state index contributed by atoms with van der Waals surface area (Å²) >= 11 is 3.33. The molecule has 0 saturated heterocycles. The van der Waals surface area contributed by atoms with Gasteiger partial charge < -0.3 is 5.32 Å². The van der Waals surface area contributed by atoms with Gasteiger partial charge in [0.2, 0.25) is 0 Å². The molecule has 1 N–H and O–H groups in total. The summed E-state index contributed by atoms with van der Waals surface area (Å²) in [6.45, 7) is 1.21. The van der Waals surface area contributed by atoms with E-state index in [1.165, 1.54) is 6.07 Å². The molecule has 0 aliphatic carbocycles. The lowest BCUT2D eigenvalue weighted by Crippen LogP contribution is -2.17. The molecule has 2 rings (SSSR count). The number of nitrogens with zero attached hydrogens (tertiary/aromatic N) is 2. The zero-order chi connectivity index (χ0) is 14.4. The van der Waals surface area contributed by atoms with Gasteiger partial charge >= 0.3 is 0 Å². The van der Waals surface area contributed by atoms with Crippen molar-refractivity contribution in [2.24, 2.45) is 0 Å². The van der Waals surface area contributed by atoms with Crippen LogP contribution in [0.15, 0.2) is 47.2 Å². The van der Waals surface area contributed by atoms with Crippen LogP contribution in [0.1, 0.15) is 11.1 Å². The lowest BCUT2D eigenvalue weighted by Gasteiger charge is -2.06. The van der Waals surface area contributed by atoms with Gasteiger partial charge in [-0.3, -0.25) is 15.1 Å². The standard InChI is InChI=1S/C14H14BrN3O2/c15-13-3-4-14(18(19)20)12(8-13)10-17-7-5-11-2-1-6-16-9-11/h1-4,6,8-9,17H,5,7,10H2. The maximum Gasteiger partial charge on any atom is 0.273 e. The Hall–Kier alpha value is -1.79. The second-order valence-electron chi connectivity index (χ2n) is 4.32. The lowest BCUT2D eigenvalue weighted by atomic mass is 10.1. The van der Waals surface area contributed by atoms with Gasteiger partial charge in [-0.1, -0.05) is 22.0 Å². The quantitative estimate of drug-likeness (QED) is 0.500. The van der Waals surface area contributed by atoms with Gasteiger partial charge in [-0.15, -0.1) is 0 Å². The fourth-order valence-electron chi connectivity index (χ4n) is 1.88. The number of nitrogens with one attached hydrogen (secondary N) is 1. The number of aromatic nitrogens is 1. The topological polar surface area (TPSA) is 68.1 Å². The summed E-state index contributed by atoms with van der Waals surface area (Å²) in [5.74, 6) is 0. The molecule has 1 aromatic heterocycles. The molecule has 5 nitrogen and oxygen atoms in total. The summed E-state index contributed by atoms with van der Waals surface area (Å²) < 4.78 is 0.840. The van der Waals surface area contributed by atoms with E-state index in [0.717, 1.165) is 23.0 Å². The van der Waals surface area contributed by atoms with Crippen LogP contribution in [0.25, 0.3) is 0 Å². The van der Waals surface area contributed by atoms with E-state index >= 15 is 0 Å². The summed E-state index contributed by atoms with van der Waals surface area (Å²) in [7, 11) is 0. The molecule has 0 spiro atoms. The van der Waals surface area contributed by atoms with Gasteiger partial charge in [-0.2, -0.15) is 0 Å². The van der Waals surface area contributed by atoms with Gasteiger partial charge in [0.25, 0.3) is 5.69 Å². The van der Waals surface area contributed by atoms with Crippen LogP contribution in [0.5, 0.6) is 0 Å². The summed E-state index contributed by atoms with van der Waals surface area (Å²) in [5, 5.41) is 14.2. The predicted octanol–water partition coefficient (Wildman–Crippen LogP) is 3.08. The van der Waals surface area contributed by atoms with Crippen molar-refractivity contribution in [3.8, 4) is 0 Å². The first kappa shape index (κ1) is 14.6. The van der Waals surface area contributed by atoms with Crippen LogP contribution >= 0.6 is 15.9 Å². The summed E-state index contributed by atoms with van der Waals surface area (Å²) in [4.78, 5) is 14.6. The number of nitro benzene ring substituents is 1. The van der Waals surface area contributed by atoms with Crippen molar-refractivity contribution in [3.05, 3.63) is 68.4 Å². The number of halogens is 1. The molecule has 0 unspecified atom stereocenters. The minimum absolute atomic E-state index is 0.141. The third-order valence-corrected chi connectivity index (χ3v) is 3.36. The molecular weight excluding hydrogens is 322 g/mol. The minimum atomic E-state index is -0.357. The van der Waals surface area contributed by atoms with Gasteiger partial charge in [0.05, 0.1) is 4.92 Å². The molecule has 20 heavy (non-hydrogen) atoms. The molecule has 0 saturated carbocycles. The molecule has 0 radical (unpaired) electrons. The van der Waals surface area contributed by atoms with Gasteiger partial charge in [-0.25, -0.2) is 0 Å². The Kier molecular flexibility index (Phi) is 5.20. The Balaban J connectivity index is 1.91. The van der Waals surface area contributed by atoms with Crippen molar-refractivity contribution in [1.29, 1.82) is 0 Å². The van der Waals surface area contributed by atoms with E-state index in [1.807, 2.05) is 18.3 Å². The first-order valence-corrected chi connectivity index (χ1v) is 6.98. The number of hydrogen-bond acceptors (Lipinski definition) is 4. The summed E-state index contributed by atoms with van der Waals surface area (Å²) in [5.41, 5.74) is 1.96. The van der Waals surface area contributed by atoms with Gasteiger partial charge in [0.1, 0.15) is 0 Å². The number of nitro groups is 1. The average molecular weight is 336 g/mol. The van der Waals surface area contributed by atoms with Crippen molar-refractivity contribution in [2.45, 2.75) is 13.0 Å². The van der Waals surface area contributed by atoms with E-state index in [9.17, 15) is 10.1 Å². The maximum atomic E-state index is 10.9. The highest BCUT2D eigenvalue weighted by molar-refractivity contribution is 9.10. The Labute approximate surface area is 125 Å². The second-order valence-corrected chi connectivity index (χ2v) is 5.23. The first-order chi connectivity index (χ1) is 9.66. The van der Waals surface area contributed by atoms with E-state index in [4.69, 9.17) is 0 Å². The molecule has 1 heterocycles. The van der Waals surface area contributed by atoms with Gasteiger partial charge in [0.15, 0.2) is 0 Å². The Morgan fingerprint density at radius 2 is 2.20 bits per heavy atom. The molecular formula is C14H14BrN3O2. The lowest BCUT2D eigenvalue weighted by molar-refractivity contribution is -0.385. The molecule has 0 bridgehead atoms. The first-order valence-electron chi connectivity index (χ1n) is 6.19. The van der Waals surface area contributed by atoms with Crippen LogP contribution in [0.2, 0.25) is 0 Å². The monoisotopic (exact) mass is 335 g/mol. The van der Waals surface area contributed by atoms with Crippen molar-refractivity contribution in [3.63, 3.8) is 0 Å². The third-order valence-electron chi connectivity index (χ3n) is 2.87. The Bertz CT molecular complexity index is 590. The van der Waals surface area contributed by atoms with Crippen LogP contribution in [0, 0.1) is 10.1 Å². The molecule has 0 fully saturated rings. The fourth-order valence-corrected chi connectivity index (χ4v) is 2.28.